The molecule has 2 heterocycles. The van der Waals surface area contributed by atoms with Crippen LogP contribution in [0.15, 0.2) is 12.1 Å². The quantitative estimate of drug-likeness (QED) is 0.521. The fourth-order valence-electron chi connectivity index (χ4n) is 4.19. The Balaban J connectivity index is 1.11. The first-order valence-corrected chi connectivity index (χ1v) is 11.5. The number of nitrogens with zero attached hydrogens (tertiary/aromatic N) is 1. The minimum atomic E-state index is -1.07. The van der Waals surface area contributed by atoms with E-state index >= 15 is 0 Å². The number of aliphatic carboxylic acids is 1. The van der Waals surface area contributed by atoms with Crippen molar-refractivity contribution < 1.29 is 24.2 Å². The first kappa shape index (κ1) is 21.9. The van der Waals surface area contributed by atoms with E-state index in [1.165, 1.54) is 12.0 Å². The SMILES string of the molecule is CC1(OC(=O)NC(CCOC2CC(CCc3ccc4c(n3)NCCC4)C2)C(=O)O)CC1. The van der Waals surface area contributed by atoms with Gasteiger partial charge in [0.1, 0.15) is 17.5 Å². The molecule has 3 N–H and O–H groups in total. The number of carbonyl (C=O) groups is 2. The lowest BCUT2D eigenvalue weighted by atomic mass is 9.79. The number of anilines is 1. The van der Waals surface area contributed by atoms with Crippen molar-refractivity contribution >= 4 is 17.9 Å². The van der Waals surface area contributed by atoms with Crippen LogP contribution in [0.5, 0.6) is 0 Å². The fourth-order valence-corrected chi connectivity index (χ4v) is 4.19. The van der Waals surface area contributed by atoms with Crippen molar-refractivity contribution in [2.24, 2.45) is 5.92 Å². The van der Waals surface area contributed by atoms with Crippen LogP contribution in [0.3, 0.4) is 0 Å². The first-order chi connectivity index (χ1) is 14.9. The lowest BCUT2D eigenvalue weighted by Crippen LogP contribution is -2.43. The molecule has 0 bridgehead atoms. The second kappa shape index (κ2) is 9.42. The highest BCUT2D eigenvalue weighted by atomic mass is 16.6. The van der Waals surface area contributed by atoms with Crippen LogP contribution in [-0.2, 0) is 27.1 Å². The van der Waals surface area contributed by atoms with Gasteiger partial charge in [-0.15, -0.1) is 0 Å². The summed E-state index contributed by atoms with van der Waals surface area (Å²) in [5.41, 5.74) is 2.03. The molecule has 1 aromatic heterocycles. The molecule has 4 rings (SSSR count). The van der Waals surface area contributed by atoms with E-state index in [-0.39, 0.29) is 12.5 Å². The Kier molecular flexibility index (Phi) is 6.65. The van der Waals surface area contributed by atoms with E-state index in [0.29, 0.717) is 12.5 Å². The van der Waals surface area contributed by atoms with Crippen LogP contribution in [0.2, 0.25) is 0 Å². The molecule has 31 heavy (non-hydrogen) atoms. The summed E-state index contributed by atoms with van der Waals surface area (Å²) in [4.78, 5) is 28.0. The molecule has 1 amide bonds. The highest BCUT2D eigenvalue weighted by molar-refractivity contribution is 5.80. The van der Waals surface area contributed by atoms with Gasteiger partial charge in [0.15, 0.2) is 0 Å². The van der Waals surface area contributed by atoms with E-state index in [2.05, 4.69) is 22.8 Å². The molecule has 170 valence electrons. The second-order valence-electron chi connectivity index (χ2n) is 9.37. The van der Waals surface area contributed by atoms with Gasteiger partial charge in [0.25, 0.3) is 0 Å². The number of pyridine rings is 1. The van der Waals surface area contributed by atoms with E-state index in [1.807, 2.05) is 6.92 Å². The summed E-state index contributed by atoms with van der Waals surface area (Å²) in [5.74, 6) is 0.605. The maximum atomic E-state index is 11.8. The van der Waals surface area contributed by atoms with E-state index in [4.69, 9.17) is 14.5 Å². The molecule has 1 atom stereocenters. The zero-order valence-electron chi connectivity index (χ0n) is 18.2. The van der Waals surface area contributed by atoms with Crippen molar-refractivity contribution in [1.82, 2.24) is 10.3 Å². The number of ether oxygens (including phenoxy) is 2. The fraction of sp³-hybridized carbons (Fsp3) is 0.696. The number of amides is 1. The van der Waals surface area contributed by atoms with Crippen LogP contribution in [-0.4, -0.2) is 53.1 Å². The summed E-state index contributed by atoms with van der Waals surface area (Å²) in [5, 5.41) is 15.2. The summed E-state index contributed by atoms with van der Waals surface area (Å²) in [6, 6.07) is 3.35. The number of rotatable bonds is 10. The summed E-state index contributed by atoms with van der Waals surface area (Å²) in [6.07, 6.45) is 7.72. The van der Waals surface area contributed by atoms with E-state index in [9.17, 15) is 14.7 Å². The Bertz CT molecular complexity index is 804. The number of carbonyl (C=O) groups excluding carboxylic acids is 1. The lowest BCUT2D eigenvalue weighted by Gasteiger charge is -2.35. The number of hydrogen-bond donors (Lipinski definition) is 3. The normalized spacial score (nSPS) is 24.2. The Morgan fingerprint density at radius 2 is 2.16 bits per heavy atom. The third-order valence-corrected chi connectivity index (χ3v) is 6.60. The Morgan fingerprint density at radius 3 is 2.90 bits per heavy atom. The van der Waals surface area contributed by atoms with Gasteiger partial charge in [-0.3, -0.25) is 0 Å². The zero-order chi connectivity index (χ0) is 21.8. The van der Waals surface area contributed by atoms with Crippen LogP contribution in [0.4, 0.5) is 10.6 Å². The van der Waals surface area contributed by atoms with Gasteiger partial charge in [0.2, 0.25) is 0 Å². The minimum Gasteiger partial charge on any atom is -0.480 e. The van der Waals surface area contributed by atoms with Crippen LogP contribution in [0, 0.1) is 5.92 Å². The smallest absolute Gasteiger partial charge is 0.408 e. The molecule has 2 aliphatic carbocycles. The molecule has 0 radical (unpaired) electrons. The average Bonchev–Trinajstić information content (AvgIpc) is 3.44. The first-order valence-electron chi connectivity index (χ1n) is 11.5. The van der Waals surface area contributed by atoms with E-state index in [0.717, 1.165) is 63.0 Å². The highest BCUT2D eigenvalue weighted by Gasteiger charge is 2.42. The summed E-state index contributed by atoms with van der Waals surface area (Å²) in [6.45, 7) is 3.16. The molecule has 1 aliphatic heterocycles. The molecular weight excluding hydrogens is 398 g/mol. The Labute approximate surface area is 183 Å². The summed E-state index contributed by atoms with van der Waals surface area (Å²) >= 11 is 0. The minimum absolute atomic E-state index is 0.176. The molecule has 0 aromatic carbocycles. The second-order valence-corrected chi connectivity index (χ2v) is 9.37. The zero-order valence-corrected chi connectivity index (χ0v) is 18.2. The van der Waals surface area contributed by atoms with E-state index in [1.54, 1.807) is 0 Å². The van der Waals surface area contributed by atoms with Crippen LogP contribution in [0.25, 0.3) is 0 Å². The van der Waals surface area contributed by atoms with Crippen molar-refractivity contribution in [3.63, 3.8) is 0 Å². The molecule has 8 heteroatoms. The molecule has 1 aromatic rings. The molecule has 2 saturated carbocycles. The van der Waals surface area contributed by atoms with Gasteiger partial charge in [-0.25, -0.2) is 14.6 Å². The molecule has 8 nitrogen and oxygen atoms in total. The van der Waals surface area contributed by atoms with Gasteiger partial charge < -0.3 is 25.2 Å². The van der Waals surface area contributed by atoms with Crippen molar-refractivity contribution in [2.45, 2.75) is 82.5 Å². The Hall–Kier alpha value is -2.35. The molecular formula is C23H33N3O5. The van der Waals surface area contributed by atoms with Crippen LogP contribution in [0.1, 0.15) is 63.1 Å². The van der Waals surface area contributed by atoms with Crippen molar-refractivity contribution in [3.05, 3.63) is 23.4 Å². The number of aromatic nitrogens is 1. The van der Waals surface area contributed by atoms with Gasteiger partial charge in [0, 0.05) is 25.3 Å². The summed E-state index contributed by atoms with van der Waals surface area (Å²) < 4.78 is 11.1. The number of fused-ring (bicyclic) bond motifs is 1. The highest BCUT2D eigenvalue weighted by Crippen LogP contribution is 2.38. The topological polar surface area (TPSA) is 110 Å². The summed E-state index contributed by atoms with van der Waals surface area (Å²) in [7, 11) is 0. The number of alkyl carbamates (subject to hydrolysis) is 1. The van der Waals surface area contributed by atoms with Gasteiger partial charge >= 0.3 is 12.1 Å². The monoisotopic (exact) mass is 431 g/mol. The Morgan fingerprint density at radius 1 is 1.35 bits per heavy atom. The maximum Gasteiger partial charge on any atom is 0.408 e. The van der Waals surface area contributed by atoms with Gasteiger partial charge in [-0.05, 0) is 75.8 Å². The third kappa shape index (κ3) is 6.09. The van der Waals surface area contributed by atoms with E-state index < -0.39 is 23.7 Å². The predicted octanol–water partition coefficient (Wildman–Crippen LogP) is 3.29. The van der Waals surface area contributed by atoms with Crippen molar-refractivity contribution in [1.29, 1.82) is 0 Å². The number of nitrogens with one attached hydrogen (secondary N) is 2. The van der Waals surface area contributed by atoms with Gasteiger partial charge in [-0.2, -0.15) is 0 Å². The van der Waals surface area contributed by atoms with Crippen molar-refractivity contribution in [2.75, 3.05) is 18.5 Å². The lowest BCUT2D eigenvalue weighted by molar-refractivity contribution is -0.140. The molecule has 2 fully saturated rings. The van der Waals surface area contributed by atoms with Gasteiger partial charge in [-0.1, -0.05) is 6.07 Å². The third-order valence-electron chi connectivity index (χ3n) is 6.60. The number of carboxylic acids is 1. The number of aryl methyl sites for hydroxylation is 2. The van der Waals surface area contributed by atoms with Crippen LogP contribution >= 0.6 is 0 Å². The number of carboxylic acid groups (broad SMARTS) is 1. The van der Waals surface area contributed by atoms with Crippen molar-refractivity contribution in [3.8, 4) is 0 Å². The standard InChI is InChI=1S/C23H33N3O5/c1-23(9-10-23)31-22(29)26-19(21(27)28)8-12-30-18-13-15(14-18)4-6-17-7-5-16-3-2-11-24-20(16)25-17/h5,7,15,18-19H,2-4,6,8-14H2,1H3,(H,24,25)(H,26,29)(H,27,28). The molecule has 3 aliphatic rings. The maximum absolute atomic E-state index is 11.8. The molecule has 1 unspecified atom stereocenters. The average molecular weight is 432 g/mol. The van der Waals surface area contributed by atoms with Crippen LogP contribution < -0.4 is 10.6 Å². The molecule has 0 spiro atoms. The predicted molar refractivity (Wildman–Crippen MR) is 115 cm³/mol. The van der Waals surface area contributed by atoms with Gasteiger partial charge in [0.05, 0.1) is 6.10 Å². The largest absolute Gasteiger partial charge is 0.480 e. The number of hydrogen-bond acceptors (Lipinski definition) is 6. The molecule has 0 saturated heterocycles.